The monoisotopic (exact) mass is 1070 g/mol. The van der Waals surface area contributed by atoms with Gasteiger partial charge in [0.1, 0.15) is 0 Å². The molecule has 8 aromatic rings. The number of nitrogen functional groups attached to an aromatic ring is 1. The van der Waals surface area contributed by atoms with E-state index in [-0.39, 0.29) is 19.5 Å². The summed E-state index contributed by atoms with van der Waals surface area (Å²) in [6, 6.07) is 47.1. The quantitative estimate of drug-likeness (QED) is 0.0580. The predicted molar refractivity (Wildman–Crippen MR) is 238 cm³/mol. The van der Waals surface area contributed by atoms with Gasteiger partial charge in [-0.15, -0.1) is 0 Å². The summed E-state index contributed by atoms with van der Waals surface area (Å²) in [6.07, 6.45) is 12.5. The van der Waals surface area contributed by atoms with Crippen molar-refractivity contribution in [2.24, 2.45) is 4.99 Å². The Morgan fingerprint density at radius 2 is 0.731 bits per heavy atom. The Hall–Kier alpha value is -6.55. The third-order valence-corrected chi connectivity index (χ3v) is 7.62. The number of anilines is 1. The largest absolute Gasteiger partial charge is 2.00 e. The van der Waals surface area contributed by atoms with Gasteiger partial charge in [0.15, 0.2) is 0 Å². The first-order chi connectivity index (χ1) is 30.5. The molecule has 8 rings (SSSR count). The van der Waals surface area contributed by atoms with E-state index in [2.05, 4.69) is 47.0 Å². The van der Waals surface area contributed by atoms with Crippen LogP contribution in [0.3, 0.4) is 0 Å². The van der Waals surface area contributed by atoms with Crippen LogP contribution in [0.25, 0.3) is 45.3 Å². The summed E-state index contributed by atoms with van der Waals surface area (Å²) in [5, 5.41) is 0. The minimum absolute atomic E-state index is 0. The van der Waals surface area contributed by atoms with E-state index < -0.39 is 15.6 Å². The van der Waals surface area contributed by atoms with Gasteiger partial charge in [-0.1, -0.05) is 48.5 Å². The molecular formula is C44H36F12N8P2Ru. The summed E-state index contributed by atoms with van der Waals surface area (Å²) >= 11 is 0. The molecule has 2 N–H and O–H groups in total. The van der Waals surface area contributed by atoms with Gasteiger partial charge in [0, 0.05) is 49.1 Å². The van der Waals surface area contributed by atoms with Gasteiger partial charge >= 0.3 is 85.5 Å². The average Bonchev–Trinajstić information content (AvgIpc) is 3.26. The fourth-order valence-corrected chi connectivity index (χ4v) is 4.97. The van der Waals surface area contributed by atoms with E-state index in [0.29, 0.717) is 0 Å². The Balaban J connectivity index is 0.000000253. The van der Waals surface area contributed by atoms with Crippen LogP contribution < -0.4 is 5.73 Å². The van der Waals surface area contributed by atoms with Crippen LogP contribution in [0.2, 0.25) is 0 Å². The van der Waals surface area contributed by atoms with Crippen LogP contribution >= 0.6 is 15.6 Å². The molecule has 0 bridgehead atoms. The van der Waals surface area contributed by atoms with E-state index in [1.807, 2.05) is 147 Å². The maximum atomic E-state index is 9.87. The normalized spacial score (nSPS) is 12.9. The molecule has 0 unspecified atom stereocenters. The minimum atomic E-state index is -10.7. The van der Waals surface area contributed by atoms with E-state index in [1.165, 1.54) is 0 Å². The summed E-state index contributed by atoms with van der Waals surface area (Å²) in [5.41, 5.74) is 17.2. The Kier molecular flexibility index (Phi) is 17.5. The van der Waals surface area contributed by atoms with Gasteiger partial charge in [-0.2, -0.15) is 0 Å². The number of nitrogens with zero attached hydrogens (tertiary/aromatic N) is 7. The number of aromatic nitrogens is 6. The third kappa shape index (κ3) is 26.3. The van der Waals surface area contributed by atoms with E-state index in [1.54, 1.807) is 37.2 Å². The number of halogens is 12. The Morgan fingerprint density at radius 3 is 1.07 bits per heavy atom. The van der Waals surface area contributed by atoms with Crippen molar-refractivity contribution in [1.82, 2.24) is 29.9 Å². The van der Waals surface area contributed by atoms with Gasteiger partial charge in [-0.3, -0.25) is 34.9 Å². The first-order valence-electron chi connectivity index (χ1n) is 18.7. The van der Waals surface area contributed by atoms with E-state index in [9.17, 15) is 50.4 Å². The SMILES string of the molecule is Cc1ccnc(-c2cc(C=Nc3ccc(-c4ccc(N)cc4)cc3)ccn2)c1.F[P-](F)(F)(F)(F)F.F[P-](F)(F)(F)(F)F.[Ru+2].c1ccc(-c2ccccn2)nc1.c1ccc(-c2ccccn2)nc1. The first kappa shape index (κ1) is 54.8. The molecular weight excluding hydrogens is 1030 g/mol. The summed E-state index contributed by atoms with van der Waals surface area (Å²) in [5.74, 6) is 0. The third-order valence-electron chi connectivity index (χ3n) is 7.62. The van der Waals surface area contributed by atoms with Crippen LogP contribution in [-0.2, 0) is 19.5 Å². The fourth-order valence-electron chi connectivity index (χ4n) is 4.97. The zero-order valence-electron chi connectivity index (χ0n) is 34.4. The molecule has 0 aliphatic heterocycles. The van der Waals surface area contributed by atoms with Gasteiger partial charge in [0.05, 0.1) is 39.9 Å². The van der Waals surface area contributed by atoms with Crippen molar-refractivity contribution in [3.63, 3.8) is 0 Å². The number of hydrogen-bond acceptors (Lipinski definition) is 8. The molecule has 0 fully saturated rings. The molecule has 6 aromatic heterocycles. The minimum Gasteiger partial charge on any atom is -0.255 e. The maximum Gasteiger partial charge on any atom is 2.00 e. The molecule has 0 radical (unpaired) electrons. The second kappa shape index (κ2) is 21.4. The van der Waals surface area contributed by atoms with Gasteiger partial charge < -0.3 is 5.73 Å². The zero-order chi connectivity index (χ0) is 48.6. The molecule has 2 aromatic carbocycles. The number of rotatable bonds is 6. The first-order valence-corrected chi connectivity index (χ1v) is 22.7. The van der Waals surface area contributed by atoms with Crippen molar-refractivity contribution >= 4 is 33.2 Å². The van der Waals surface area contributed by atoms with E-state index >= 15 is 0 Å². The average molecular weight is 1070 g/mol. The molecule has 0 aliphatic carbocycles. The number of nitrogens with two attached hydrogens (primary N) is 1. The van der Waals surface area contributed by atoms with Crippen molar-refractivity contribution in [3.8, 4) is 45.3 Å². The molecule has 354 valence electrons. The van der Waals surface area contributed by atoms with Crippen LogP contribution in [0.1, 0.15) is 11.1 Å². The summed E-state index contributed by atoms with van der Waals surface area (Å²) < 4.78 is 118. The number of hydrogen-bond donors (Lipinski definition) is 1. The van der Waals surface area contributed by atoms with Crippen LogP contribution in [0.4, 0.5) is 61.7 Å². The summed E-state index contributed by atoms with van der Waals surface area (Å²) in [4.78, 5) is 30.2. The van der Waals surface area contributed by atoms with Gasteiger partial charge in [0.25, 0.3) is 0 Å². The summed E-state index contributed by atoms with van der Waals surface area (Å²) in [7, 11) is -21.3. The molecule has 8 nitrogen and oxygen atoms in total. The molecule has 0 spiro atoms. The molecule has 0 aliphatic rings. The Labute approximate surface area is 388 Å². The van der Waals surface area contributed by atoms with Crippen molar-refractivity contribution in [2.45, 2.75) is 6.92 Å². The Morgan fingerprint density at radius 1 is 0.403 bits per heavy atom. The van der Waals surface area contributed by atoms with Gasteiger partial charge in [-0.05, 0) is 126 Å². The topological polar surface area (TPSA) is 116 Å². The van der Waals surface area contributed by atoms with Crippen LogP contribution in [0.15, 0.2) is 188 Å². The molecule has 6 heterocycles. The molecule has 0 atom stereocenters. The number of benzene rings is 2. The van der Waals surface area contributed by atoms with Crippen molar-refractivity contribution in [1.29, 1.82) is 0 Å². The number of pyridine rings is 6. The van der Waals surface area contributed by atoms with Crippen molar-refractivity contribution in [3.05, 3.63) is 194 Å². The standard InChI is InChI=1S/C24H20N4.2C10H8N2.2F6P.Ru/c1-17-10-12-26-23(14-17)24-15-18(11-13-27-24)16-28-22-8-4-20(5-9-22)19-2-6-21(25)7-3-19;2*1-3-7-11-9(5-1)10-6-2-4-8-12-10;2*1-7(2,3,4,5)6;/h2-16H,25H2,1H3;2*1-8H;;;/q;;;2*-1;+2. The van der Waals surface area contributed by atoms with Crippen LogP contribution in [-0.4, -0.2) is 36.1 Å². The maximum absolute atomic E-state index is 10.7. The smallest absolute Gasteiger partial charge is 0.255 e. The molecule has 0 saturated heterocycles. The zero-order valence-corrected chi connectivity index (χ0v) is 37.9. The second-order valence-corrected chi connectivity index (χ2v) is 17.2. The van der Waals surface area contributed by atoms with Gasteiger partial charge in [0.2, 0.25) is 0 Å². The molecule has 23 heteroatoms. The predicted octanol–water partition coefficient (Wildman–Crippen LogP) is 16.5. The van der Waals surface area contributed by atoms with Crippen molar-refractivity contribution in [2.75, 3.05) is 5.73 Å². The van der Waals surface area contributed by atoms with Gasteiger partial charge in [-0.25, -0.2) is 0 Å². The second-order valence-electron chi connectivity index (χ2n) is 13.4. The van der Waals surface area contributed by atoms with E-state index in [0.717, 1.165) is 67.8 Å². The molecule has 0 saturated carbocycles. The van der Waals surface area contributed by atoms with Crippen LogP contribution in [0.5, 0.6) is 0 Å². The summed E-state index contributed by atoms with van der Waals surface area (Å²) in [6.45, 7) is 2.05. The fraction of sp³-hybridized carbons (Fsp3) is 0.0227. The van der Waals surface area contributed by atoms with Crippen molar-refractivity contribution < 1.29 is 69.8 Å². The molecule has 0 amide bonds. The number of aryl methyl sites for hydroxylation is 1. The number of aliphatic imine (C=N–C) groups is 1. The Bertz CT molecular complexity index is 2590. The molecule has 67 heavy (non-hydrogen) atoms. The van der Waals surface area contributed by atoms with Crippen LogP contribution in [0, 0.1) is 6.92 Å². The van der Waals surface area contributed by atoms with E-state index in [4.69, 9.17) is 5.73 Å².